The number of halogens is 1. The second-order valence-electron chi connectivity index (χ2n) is 5.10. The first kappa shape index (κ1) is 14.1. The monoisotopic (exact) mass is 346 g/mol. The summed E-state index contributed by atoms with van der Waals surface area (Å²) in [4.78, 5) is 16.3. The first-order valence-corrected chi connectivity index (χ1v) is 7.66. The number of anilines is 1. The summed E-state index contributed by atoms with van der Waals surface area (Å²) in [6.07, 6.45) is 4.05. The van der Waals surface area contributed by atoms with E-state index >= 15 is 0 Å². The highest BCUT2D eigenvalue weighted by molar-refractivity contribution is 9.10. The zero-order chi connectivity index (χ0) is 14.7. The molecule has 5 heteroatoms. The summed E-state index contributed by atoms with van der Waals surface area (Å²) in [5.74, 6) is 0.994. The molecule has 108 valence electrons. The predicted molar refractivity (Wildman–Crippen MR) is 84.6 cm³/mol. The molecule has 3 rings (SSSR count). The molecule has 1 aliphatic carbocycles. The standard InChI is InChI=1S/C16H15BrN2O2/c17-13-3-5-14(6-4-13)19-16(20)12-7-8-18-15(9-12)21-10-11-1-2-11/h3-9,11H,1-2,10H2,(H,19,20). The number of nitrogens with zero attached hydrogens (tertiary/aromatic N) is 1. The molecular formula is C16H15BrN2O2. The third-order valence-electron chi connectivity index (χ3n) is 3.26. The average Bonchev–Trinajstić information content (AvgIpc) is 3.32. The molecule has 0 spiro atoms. The number of carbonyl (C=O) groups is 1. The van der Waals surface area contributed by atoms with Gasteiger partial charge in [0.2, 0.25) is 5.88 Å². The van der Waals surface area contributed by atoms with E-state index in [4.69, 9.17) is 4.74 Å². The third-order valence-corrected chi connectivity index (χ3v) is 3.79. The van der Waals surface area contributed by atoms with Gasteiger partial charge in [0.05, 0.1) is 6.61 Å². The zero-order valence-electron chi connectivity index (χ0n) is 11.4. The van der Waals surface area contributed by atoms with E-state index in [2.05, 4.69) is 26.2 Å². The number of benzene rings is 1. The van der Waals surface area contributed by atoms with Gasteiger partial charge in [0.25, 0.3) is 5.91 Å². The van der Waals surface area contributed by atoms with Crippen molar-refractivity contribution in [2.75, 3.05) is 11.9 Å². The van der Waals surface area contributed by atoms with E-state index in [1.807, 2.05) is 24.3 Å². The van der Waals surface area contributed by atoms with Crippen molar-refractivity contribution in [1.82, 2.24) is 4.98 Å². The van der Waals surface area contributed by atoms with Crippen molar-refractivity contribution < 1.29 is 9.53 Å². The lowest BCUT2D eigenvalue weighted by molar-refractivity contribution is 0.102. The van der Waals surface area contributed by atoms with E-state index in [-0.39, 0.29) is 5.91 Å². The van der Waals surface area contributed by atoms with Gasteiger partial charge >= 0.3 is 0 Å². The second kappa shape index (κ2) is 6.26. The highest BCUT2D eigenvalue weighted by Gasteiger charge is 2.22. The Bertz CT molecular complexity index is 639. The Hall–Kier alpha value is -1.88. The van der Waals surface area contributed by atoms with Crippen molar-refractivity contribution in [2.24, 2.45) is 5.92 Å². The molecule has 2 aromatic rings. The van der Waals surface area contributed by atoms with E-state index in [9.17, 15) is 4.79 Å². The lowest BCUT2D eigenvalue weighted by Crippen LogP contribution is -2.12. The van der Waals surface area contributed by atoms with E-state index in [0.717, 1.165) is 10.2 Å². The molecule has 1 heterocycles. The molecule has 1 N–H and O–H groups in total. The van der Waals surface area contributed by atoms with E-state index in [0.29, 0.717) is 24.0 Å². The van der Waals surface area contributed by atoms with Gasteiger partial charge in [-0.15, -0.1) is 0 Å². The number of amides is 1. The van der Waals surface area contributed by atoms with Gasteiger partial charge in [-0.25, -0.2) is 4.98 Å². The van der Waals surface area contributed by atoms with Crippen LogP contribution in [0.5, 0.6) is 5.88 Å². The fraction of sp³-hybridized carbons (Fsp3) is 0.250. The Labute approximate surface area is 131 Å². The van der Waals surface area contributed by atoms with Crippen LogP contribution in [0.25, 0.3) is 0 Å². The number of nitrogens with one attached hydrogen (secondary N) is 1. The fourth-order valence-electron chi connectivity index (χ4n) is 1.85. The van der Waals surface area contributed by atoms with Crippen molar-refractivity contribution in [3.05, 3.63) is 52.6 Å². The molecule has 1 aliphatic rings. The number of ether oxygens (including phenoxy) is 1. The number of aromatic nitrogens is 1. The van der Waals surface area contributed by atoms with Gasteiger partial charge < -0.3 is 10.1 Å². The van der Waals surface area contributed by atoms with Crippen LogP contribution in [0, 0.1) is 5.92 Å². The lowest BCUT2D eigenvalue weighted by atomic mass is 10.2. The summed E-state index contributed by atoms with van der Waals surface area (Å²) in [7, 11) is 0. The maximum Gasteiger partial charge on any atom is 0.255 e. The highest BCUT2D eigenvalue weighted by Crippen LogP contribution is 2.29. The van der Waals surface area contributed by atoms with Crippen molar-refractivity contribution in [3.8, 4) is 5.88 Å². The predicted octanol–water partition coefficient (Wildman–Crippen LogP) is 3.89. The Kier molecular flexibility index (Phi) is 4.20. The quantitative estimate of drug-likeness (QED) is 0.893. The number of carbonyl (C=O) groups excluding carboxylic acids is 1. The molecule has 0 bridgehead atoms. The maximum absolute atomic E-state index is 12.2. The number of pyridine rings is 1. The first-order chi connectivity index (χ1) is 10.2. The van der Waals surface area contributed by atoms with Crippen molar-refractivity contribution in [2.45, 2.75) is 12.8 Å². The van der Waals surface area contributed by atoms with Gasteiger partial charge in [-0.2, -0.15) is 0 Å². The number of hydrogen-bond acceptors (Lipinski definition) is 3. The second-order valence-corrected chi connectivity index (χ2v) is 6.01. The van der Waals surface area contributed by atoms with Crippen LogP contribution >= 0.6 is 15.9 Å². The van der Waals surface area contributed by atoms with Crippen molar-refractivity contribution >= 4 is 27.5 Å². The van der Waals surface area contributed by atoms with E-state index < -0.39 is 0 Å². The lowest BCUT2D eigenvalue weighted by Gasteiger charge is -2.07. The molecule has 21 heavy (non-hydrogen) atoms. The summed E-state index contributed by atoms with van der Waals surface area (Å²) in [5, 5.41) is 2.85. The minimum atomic E-state index is -0.170. The Balaban J connectivity index is 1.65. The largest absolute Gasteiger partial charge is 0.477 e. The molecule has 1 saturated carbocycles. The average molecular weight is 347 g/mol. The summed E-state index contributed by atoms with van der Waals surface area (Å²) in [5.41, 5.74) is 1.29. The molecule has 0 atom stereocenters. The molecular weight excluding hydrogens is 332 g/mol. The number of hydrogen-bond donors (Lipinski definition) is 1. The zero-order valence-corrected chi connectivity index (χ0v) is 13.0. The van der Waals surface area contributed by atoms with Gasteiger partial charge in [-0.05, 0) is 49.1 Å². The van der Waals surface area contributed by atoms with Crippen LogP contribution in [0.15, 0.2) is 47.1 Å². The summed E-state index contributed by atoms with van der Waals surface area (Å²) in [6.45, 7) is 0.685. The number of rotatable bonds is 5. The Morgan fingerprint density at radius 1 is 1.29 bits per heavy atom. The molecule has 0 aliphatic heterocycles. The van der Waals surface area contributed by atoms with Gasteiger partial charge in [0.1, 0.15) is 0 Å². The van der Waals surface area contributed by atoms with Crippen molar-refractivity contribution in [3.63, 3.8) is 0 Å². The minimum Gasteiger partial charge on any atom is -0.477 e. The van der Waals surface area contributed by atoms with Gasteiger partial charge in [0.15, 0.2) is 0 Å². The minimum absolute atomic E-state index is 0.170. The molecule has 0 radical (unpaired) electrons. The molecule has 1 amide bonds. The Morgan fingerprint density at radius 2 is 2.05 bits per heavy atom. The van der Waals surface area contributed by atoms with Crippen LogP contribution in [0.2, 0.25) is 0 Å². The topological polar surface area (TPSA) is 51.2 Å². The SMILES string of the molecule is O=C(Nc1ccc(Br)cc1)c1ccnc(OCC2CC2)c1. The van der Waals surface area contributed by atoms with Crippen LogP contribution < -0.4 is 10.1 Å². The van der Waals surface area contributed by atoms with Crippen LogP contribution in [-0.4, -0.2) is 17.5 Å². The molecule has 1 aromatic heterocycles. The molecule has 0 unspecified atom stereocenters. The van der Waals surface area contributed by atoms with Gasteiger partial charge in [0, 0.05) is 28.0 Å². The molecule has 1 fully saturated rings. The van der Waals surface area contributed by atoms with Crippen molar-refractivity contribution in [1.29, 1.82) is 0 Å². The maximum atomic E-state index is 12.2. The fourth-order valence-corrected chi connectivity index (χ4v) is 2.12. The van der Waals surface area contributed by atoms with Gasteiger partial charge in [-0.3, -0.25) is 4.79 Å². The van der Waals surface area contributed by atoms with Gasteiger partial charge in [-0.1, -0.05) is 15.9 Å². The van der Waals surface area contributed by atoms with Crippen LogP contribution in [0.4, 0.5) is 5.69 Å². The first-order valence-electron chi connectivity index (χ1n) is 6.86. The smallest absolute Gasteiger partial charge is 0.255 e. The molecule has 1 aromatic carbocycles. The summed E-state index contributed by atoms with van der Waals surface area (Å²) < 4.78 is 6.56. The van der Waals surface area contributed by atoms with Crippen LogP contribution in [0.3, 0.4) is 0 Å². The molecule has 0 saturated heterocycles. The summed E-state index contributed by atoms with van der Waals surface area (Å²) >= 11 is 3.36. The normalized spacial score (nSPS) is 13.8. The third kappa shape index (κ3) is 4.04. The Morgan fingerprint density at radius 3 is 2.76 bits per heavy atom. The van der Waals surface area contributed by atoms with Crippen LogP contribution in [-0.2, 0) is 0 Å². The molecule has 4 nitrogen and oxygen atoms in total. The highest BCUT2D eigenvalue weighted by atomic mass is 79.9. The summed E-state index contributed by atoms with van der Waals surface area (Å²) in [6, 6.07) is 10.8. The van der Waals surface area contributed by atoms with E-state index in [1.54, 1.807) is 18.3 Å². The van der Waals surface area contributed by atoms with E-state index in [1.165, 1.54) is 12.8 Å². The van der Waals surface area contributed by atoms with Crippen LogP contribution in [0.1, 0.15) is 23.2 Å².